The lowest BCUT2D eigenvalue weighted by Gasteiger charge is -2.13. The van der Waals surface area contributed by atoms with Gasteiger partial charge in [-0.25, -0.2) is 5.48 Å². The Morgan fingerprint density at radius 3 is 2.88 bits per heavy atom. The summed E-state index contributed by atoms with van der Waals surface area (Å²) >= 11 is 0. The van der Waals surface area contributed by atoms with Gasteiger partial charge in [-0.05, 0) is 6.92 Å². The minimum absolute atomic E-state index is 0.0274. The first-order chi connectivity index (χ1) is 7.69. The molecule has 2 amide bonds. The zero-order valence-electron chi connectivity index (χ0n) is 9.69. The smallest absolute Gasteiger partial charge is 0.248 e. The number of nitrogens with zero attached hydrogens (tertiary/aromatic N) is 1. The Morgan fingerprint density at radius 1 is 1.56 bits per heavy atom. The van der Waals surface area contributed by atoms with Crippen LogP contribution in [0.4, 0.5) is 0 Å². The molecule has 1 heterocycles. The number of hydrogen-bond acceptors (Lipinski definition) is 4. The number of methoxy groups -OCH3 is 1. The van der Waals surface area contributed by atoms with E-state index in [2.05, 4.69) is 5.48 Å². The zero-order valence-corrected chi connectivity index (χ0v) is 9.69. The Kier molecular flexibility index (Phi) is 5.21. The first-order valence-corrected chi connectivity index (χ1v) is 5.37. The van der Waals surface area contributed by atoms with E-state index in [0.29, 0.717) is 26.3 Å². The molecule has 6 nitrogen and oxygen atoms in total. The van der Waals surface area contributed by atoms with Crippen molar-refractivity contribution in [3.05, 3.63) is 0 Å². The second-order valence-corrected chi connectivity index (χ2v) is 3.64. The van der Waals surface area contributed by atoms with Crippen LogP contribution in [0.1, 0.15) is 13.3 Å². The van der Waals surface area contributed by atoms with Gasteiger partial charge >= 0.3 is 0 Å². The quantitative estimate of drug-likeness (QED) is 0.495. The standard InChI is InChI=1S/C10H18N2O4/c1-3-12-7-8(6-9(12)13)10(14)11-16-5-4-15-2/h8H,3-7H2,1-2H3,(H,11,14). The normalized spacial score (nSPS) is 20.2. The lowest BCUT2D eigenvalue weighted by Crippen LogP contribution is -2.33. The predicted molar refractivity (Wildman–Crippen MR) is 56.3 cm³/mol. The first kappa shape index (κ1) is 12.9. The van der Waals surface area contributed by atoms with Crippen LogP contribution in [0, 0.1) is 5.92 Å². The molecule has 1 unspecified atom stereocenters. The highest BCUT2D eigenvalue weighted by atomic mass is 16.7. The highest BCUT2D eigenvalue weighted by Crippen LogP contribution is 2.17. The average Bonchev–Trinajstić information content (AvgIpc) is 2.66. The summed E-state index contributed by atoms with van der Waals surface area (Å²) in [4.78, 5) is 29.5. The third-order valence-electron chi connectivity index (χ3n) is 2.53. The molecule has 0 radical (unpaired) electrons. The van der Waals surface area contributed by atoms with Gasteiger partial charge in [0.05, 0.1) is 19.1 Å². The molecule has 1 aliphatic rings. The number of hydroxylamine groups is 1. The molecule has 0 bridgehead atoms. The molecule has 92 valence electrons. The van der Waals surface area contributed by atoms with E-state index in [0.717, 1.165) is 0 Å². The van der Waals surface area contributed by atoms with Crippen molar-refractivity contribution in [2.24, 2.45) is 5.92 Å². The van der Waals surface area contributed by atoms with E-state index >= 15 is 0 Å². The molecule has 0 aromatic heterocycles. The molecule has 1 N–H and O–H groups in total. The maximum absolute atomic E-state index is 11.6. The van der Waals surface area contributed by atoms with E-state index in [1.165, 1.54) is 0 Å². The minimum Gasteiger partial charge on any atom is -0.382 e. The number of rotatable bonds is 6. The molecule has 1 aliphatic heterocycles. The molecule has 1 atom stereocenters. The van der Waals surface area contributed by atoms with Crippen LogP contribution in [0.25, 0.3) is 0 Å². The van der Waals surface area contributed by atoms with Crippen molar-refractivity contribution in [3.63, 3.8) is 0 Å². The lowest BCUT2D eigenvalue weighted by atomic mass is 10.1. The Labute approximate surface area is 94.8 Å². The number of nitrogens with one attached hydrogen (secondary N) is 1. The van der Waals surface area contributed by atoms with E-state index in [1.54, 1.807) is 12.0 Å². The number of amides is 2. The van der Waals surface area contributed by atoms with E-state index in [9.17, 15) is 9.59 Å². The van der Waals surface area contributed by atoms with Crippen molar-refractivity contribution in [3.8, 4) is 0 Å². The minimum atomic E-state index is -0.296. The third-order valence-corrected chi connectivity index (χ3v) is 2.53. The van der Waals surface area contributed by atoms with Crippen LogP contribution < -0.4 is 5.48 Å². The molecule has 6 heteroatoms. The maximum atomic E-state index is 11.6. The molecule has 1 fully saturated rings. The summed E-state index contributed by atoms with van der Waals surface area (Å²) in [6.07, 6.45) is 0.271. The number of hydrogen-bond donors (Lipinski definition) is 1. The van der Waals surface area contributed by atoms with Crippen LogP contribution in [0.5, 0.6) is 0 Å². The van der Waals surface area contributed by atoms with Crippen LogP contribution >= 0.6 is 0 Å². The molecule has 0 spiro atoms. The van der Waals surface area contributed by atoms with E-state index in [1.807, 2.05) is 6.92 Å². The maximum Gasteiger partial charge on any atom is 0.248 e. The molecule has 16 heavy (non-hydrogen) atoms. The summed E-state index contributed by atoms with van der Waals surface area (Å²) in [5.41, 5.74) is 2.33. The van der Waals surface area contributed by atoms with Crippen molar-refractivity contribution in [1.29, 1.82) is 0 Å². The number of carbonyl (C=O) groups is 2. The SMILES string of the molecule is CCN1CC(C(=O)NOCCOC)CC1=O. The summed E-state index contributed by atoms with van der Waals surface area (Å²) in [5, 5.41) is 0. The molecule has 0 aromatic carbocycles. The molecular weight excluding hydrogens is 212 g/mol. The van der Waals surface area contributed by atoms with Crippen molar-refractivity contribution < 1.29 is 19.2 Å². The van der Waals surface area contributed by atoms with E-state index in [4.69, 9.17) is 9.57 Å². The highest BCUT2D eigenvalue weighted by Gasteiger charge is 2.33. The monoisotopic (exact) mass is 230 g/mol. The lowest BCUT2D eigenvalue weighted by molar-refractivity contribution is -0.138. The Morgan fingerprint density at radius 2 is 2.31 bits per heavy atom. The van der Waals surface area contributed by atoms with Crippen molar-refractivity contribution in [2.75, 3.05) is 33.4 Å². The number of ether oxygens (including phenoxy) is 1. The molecule has 1 saturated heterocycles. The molecule has 0 aromatic rings. The van der Waals surface area contributed by atoms with Crippen molar-refractivity contribution >= 4 is 11.8 Å². The van der Waals surface area contributed by atoms with Crippen molar-refractivity contribution in [1.82, 2.24) is 10.4 Å². The first-order valence-electron chi connectivity index (χ1n) is 5.37. The average molecular weight is 230 g/mol. The van der Waals surface area contributed by atoms with E-state index < -0.39 is 0 Å². The molecule has 0 saturated carbocycles. The van der Waals surface area contributed by atoms with Crippen LogP contribution in [0.3, 0.4) is 0 Å². The van der Waals surface area contributed by atoms with Crippen LogP contribution in [0.15, 0.2) is 0 Å². The molecule has 0 aliphatic carbocycles. The second-order valence-electron chi connectivity index (χ2n) is 3.64. The zero-order chi connectivity index (χ0) is 12.0. The van der Waals surface area contributed by atoms with Gasteiger partial charge in [-0.2, -0.15) is 0 Å². The summed E-state index contributed by atoms with van der Waals surface area (Å²) in [6.45, 7) is 3.75. The van der Waals surface area contributed by atoms with Crippen LogP contribution in [-0.2, 0) is 19.2 Å². The number of likely N-dealkylation sites (tertiary alicyclic amines) is 1. The van der Waals surface area contributed by atoms with Gasteiger partial charge in [0.25, 0.3) is 0 Å². The van der Waals surface area contributed by atoms with Crippen LogP contribution in [-0.4, -0.2) is 50.1 Å². The third kappa shape index (κ3) is 3.46. The molecular formula is C10H18N2O4. The highest BCUT2D eigenvalue weighted by molar-refractivity contribution is 5.88. The summed E-state index contributed by atoms with van der Waals surface area (Å²) < 4.78 is 4.76. The van der Waals surface area contributed by atoms with Gasteiger partial charge in [-0.15, -0.1) is 0 Å². The Hall–Kier alpha value is -1.14. The van der Waals surface area contributed by atoms with E-state index in [-0.39, 0.29) is 24.2 Å². The number of carbonyl (C=O) groups excluding carboxylic acids is 2. The summed E-state index contributed by atoms with van der Waals surface area (Å²) in [5.74, 6) is -0.505. The predicted octanol–water partition coefficient (Wildman–Crippen LogP) is -0.451. The fraction of sp³-hybridized carbons (Fsp3) is 0.800. The fourth-order valence-corrected chi connectivity index (χ4v) is 1.58. The summed E-state index contributed by atoms with van der Waals surface area (Å²) in [6, 6.07) is 0. The molecule has 1 rings (SSSR count). The van der Waals surface area contributed by atoms with Gasteiger partial charge in [-0.1, -0.05) is 0 Å². The van der Waals surface area contributed by atoms with Crippen molar-refractivity contribution in [2.45, 2.75) is 13.3 Å². The van der Waals surface area contributed by atoms with Crippen LogP contribution in [0.2, 0.25) is 0 Å². The van der Waals surface area contributed by atoms with Gasteiger partial charge < -0.3 is 9.64 Å². The Balaban J connectivity index is 2.25. The second kappa shape index (κ2) is 6.44. The Bertz CT molecular complexity index is 257. The van der Waals surface area contributed by atoms with Gasteiger partial charge in [0.15, 0.2) is 0 Å². The fourth-order valence-electron chi connectivity index (χ4n) is 1.58. The van der Waals surface area contributed by atoms with Gasteiger partial charge in [0, 0.05) is 26.6 Å². The van der Waals surface area contributed by atoms with Gasteiger partial charge in [0.1, 0.15) is 0 Å². The van der Waals surface area contributed by atoms with Gasteiger partial charge in [0.2, 0.25) is 11.8 Å². The largest absolute Gasteiger partial charge is 0.382 e. The van der Waals surface area contributed by atoms with Gasteiger partial charge in [-0.3, -0.25) is 14.4 Å². The summed E-state index contributed by atoms with van der Waals surface area (Å²) in [7, 11) is 1.56. The topological polar surface area (TPSA) is 67.9 Å².